The van der Waals surface area contributed by atoms with Crippen molar-refractivity contribution in [2.75, 3.05) is 6.54 Å². The summed E-state index contributed by atoms with van der Waals surface area (Å²) in [6.45, 7) is 3.95. The Labute approximate surface area is 132 Å². The Hall–Kier alpha value is -0.840. The van der Waals surface area contributed by atoms with Gasteiger partial charge >= 0.3 is 0 Å². The van der Waals surface area contributed by atoms with E-state index in [1.54, 1.807) is 17.8 Å². The molecule has 0 radical (unpaired) electrons. The first kappa shape index (κ1) is 15.5. The molecular weight excluding hydrogens is 337 g/mol. The monoisotopic (exact) mass is 353 g/mol. The first-order valence-corrected chi connectivity index (χ1v) is 8.32. The van der Waals surface area contributed by atoms with Crippen molar-refractivity contribution in [2.45, 2.75) is 24.1 Å². The van der Waals surface area contributed by atoms with Crippen LogP contribution in [0.25, 0.3) is 0 Å². The van der Waals surface area contributed by atoms with Crippen LogP contribution in [0.15, 0.2) is 51.8 Å². The molecule has 0 amide bonds. The highest BCUT2D eigenvalue weighted by Gasteiger charge is 2.02. The lowest BCUT2D eigenvalue weighted by atomic mass is 10.2. The molecule has 0 unspecified atom stereocenters. The lowest BCUT2D eigenvalue weighted by molar-refractivity contribution is 0.625. The molecule has 0 aliphatic heterocycles. The predicted octanol–water partition coefficient (Wildman–Crippen LogP) is 4.99. The second kappa shape index (κ2) is 7.81. The summed E-state index contributed by atoms with van der Waals surface area (Å²) in [7, 11) is 0. The Bertz CT molecular complexity index is 554. The van der Waals surface area contributed by atoms with E-state index in [0.717, 1.165) is 28.9 Å². The maximum atomic E-state index is 13.3. The Balaban J connectivity index is 1.99. The first-order valence-electron chi connectivity index (χ1n) is 6.55. The van der Waals surface area contributed by atoms with Gasteiger partial charge in [0.05, 0.1) is 0 Å². The maximum absolute atomic E-state index is 13.3. The number of halogens is 2. The average molecular weight is 354 g/mol. The van der Waals surface area contributed by atoms with E-state index in [1.807, 2.05) is 6.07 Å². The fourth-order valence-corrected chi connectivity index (χ4v) is 3.30. The predicted molar refractivity (Wildman–Crippen MR) is 87.5 cm³/mol. The van der Waals surface area contributed by atoms with Gasteiger partial charge in [-0.05, 0) is 48.0 Å². The van der Waals surface area contributed by atoms with E-state index in [2.05, 4.69) is 52.4 Å². The van der Waals surface area contributed by atoms with Gasteiger partial charge in [-0.15, -0.1) is 11.8 Å². The standard InChI is InChI=1S/C16H17BrFNS/c1-2-19-10-12-4-3-5-16(8-12)20-11-13-6-14(17)9-15(18)7-13/h3-9,19H,2,10-11H2,1H3. The number of hydrogen-bond donors (Lipinski definition) is 1. The maximum Gasteiger partial charge on any atom is 0.124 e. The second-order valence-corrected chi connectivity index (χ2v) is 6.46. The molecule has 2 rings (SSSR count). The molecule has 0 saturated heterocycles. The van der Waals surface area contributed by atoms with Crippen LogP contribution in [-0.4, -0.2) is 6.54 Å². The van der Waals surface area contributed by atoms with Gasteiger partial charge in [0, 0.05) is 21.7 Å². The van der Waals surface area contributed by atoms with Crippen LogP contribution in [0.2, 0.25) is 0 Å². The molecule has 0 spiro atoms. The highest BCUT2D eigenvalue weighted by molar-refractivity contribution is 9.10. The van der Waals surface area contributed by atoms with Gasteiger partial charge in [0.25, 0.3) is 0 Å². The Kier molecular flexibility index (Phi) is 6.07. The molecule has 0 saturated carbocycles. The van der Waals surface area contributed by atoms with E-state index in [9.17, 15) is 4.39 Å². The zero-order chi connectivity index (χ0) is 14.4. The van der Waals surface area contributed by atoms with E-state index in [4.69, 9.17) is 0 Å². The minimum atomic E-state index is -0.198. The second-order valence-electron chi connectivity index (χ2n) is 4.49. The smallest absolute Gasteiger partial charge is 0.124 e. The highest BCUT2D eigenvalue weighted by Crippen LogP contribution is 2.25. The molecule has 0 heterocycles. The fraction of sp³-hybridized carbons (Fsp3) is 0.250. The number of benzene rings is 2. The van der Waals surface area contributed by atoms with Crippen molar-refractivity contribution in [1.29, 1.82) is 0 Å². The molecule has 106 valence electrons. The lowest BCUT2D eigenvalue weighted by Crippen LogP contribution is -2.11. The summed E-state index contributed by atoms with van der Waals surface area (Å²) in [5.41, 5.74) is 2.26. The van der Waals surface area contributed by atoms with Crippen molar-refractivity contribution in [3.05, 3.63) is 63.9 Å². The highest BCUT2D eigenvalue weighted by atomic mass is 79.9. The Morgan fingerprint density at radius 3 is 2.75 bits per heavy atom. The van der Waals surface area contributed by atoms with Gasteiger partial charge in [0.1, 0.15) is 5.82 Å². The van der Waals surface area contributed by atoms with E-state index in [1.165, 1.54) is 16.5 Å². The fourth-order valence-electron chi connectivity index (χ4n) is 1.88. The topological polar surface area (TPSA) is 12.0 Å². The molecule has 1 N–H and O–H groups in total. The molecule has 2 aromatic carbocycles. The van der Waals surface area contributed by atoms with Crippen LogP contribution in [0.4, 0.5) is 4.39 Å². The van der Waals surface area contributed by atoms with Gasteiger partial charge in [-0.1, -0.05) is 35.0 Å². The molecule has 4 heteroatoms. The molecule has 0 atom stereocenters. The van der Waals surface area contributed by atoms with E-state index < -0.39 is 0 Å². The number of nitrogens with one attached hydrogen (secondary N) is 1. The van der Waals surface area contributed by atoms with Crippen LogP contribution in [0.5, 0.6) is 0 Å². The van der Waals surface area contributed by atoms with E-state index in [-0.39, 0.29) is 5.82 Å². The average Bonchev–Trinajstić information content (AvgIpc) is 2.42. The summed E-state index contributed by atoms with van der Waals surface area (Å²) in [6, 6.07) is 13.5. The van der Waals surface area contributed by atoms with Gasteiger partial charge in [-0.25, -0.2) is 4.39 Å². The SMILES string of the molecule is CCNCc1cccc(SCc2cc(F)cc(Br)c2)c1. The van der Waals surface area contributed by atoms with Crippen LogP contribution >= 0.6 is 27.7 Å². The van der Waals surface area contributed by atoms with Crippen molar-refractivity contribution < 1.29 is 4.39 Å². The van der Waals surface area contributed by atoms with E-state index >= 15 is 0 Å². The van der Waals surface area contributed by atoms with Gasteiger partial charge in [-0.2, -0.15) is 0 Å². The molecule has 0 fully saturated rings. The van der Waals surface area contributed by atoms with Crippen molar-refractivity contribution in [3.8, 4) is 0 Å². The van der Waals surface area contributed by atoms with Crippen LogP contribution in [-0.2, 0) is 12.3 Å². The Morgan fingerprint density at radius 1 is 1.15 bits per heavy atom. The van der Waals surface area contributed by atoms with Gasteiger partial charge in [0.2, 0.25) is 0 Å². The normalized spacial score (nSPS) is 10.8. The largest absolute Gasteiger partial charge is 0.313 e. The number of thioether (sulfide) groups is 1. The van der Waals surface area contributed by atoms with Crippen LogP contribution in [0, 0.1) is 5.82 Å². The molecule has 2 aromatic rings. The van der Waals surface area contributed by atoms with Crippen LogP contribution < -0.4 is 5.32 Å². The Morgan fingerprint density at radius 2 is 2.00 bits per heavy atom. The molecule has 0 aliphatic carbocycles. The van der Waals surface area contributed by atoms with Crippen molar-refractivity contribution >= 4 is 27.7 Å². The minimum Gasteiger partial charge on any atom is -0.313 e. The van der Waals surface area contributed by atoms with Crippen molar-refractivity contribution in [2.24, 2.45) is 0 Å². The van der Waals surface area contributed by atoms with Gasteiger partial charge in [0.15, 0.2) is 0 Å². The third-order valence-electron chi connectivity index (χ3n) is 2.81. The summed E-state index contributed by atoms with van der Waals surface area (Å²) in [5.74, 6) is 0.567. The van der Waals surface area contributed by atoms with Crippen LogP contribution in [0.3, 0.4) is 0 Å². The third-order valence-corrected chi connectivity index (χ3v) is 4.33. The summed E-state index contributed by atoms with van der Waals surface area (Å²) in [4.78, 5) is 1.21. The molecule has 0 bridgehead atoms. The summed E-state index contributed by atoms with van der Waals surface area (Å²) in [6.07, 6.45) is 0. The van der Waals surface area contributed by atoms with Crippen LogP contribution in [0.1, 0.15) is 18.1 Å². The zero-order valence-electron chi connectivity index (χ0n) is 11.3. The third kappa shape index (κ3) is 4.93. The first-order chi connectivity index (χ1) is 9.67. The lowest BCUT2D eigenvalue weighted by Gasteiger charge is -2.06. The number of rotatable bonds is 6. The number of hydrogen-bond acceptors (Lipinski definition) is 2. The summed E-state index contributed by atoms with van der Waals surface area (Å²) in [5, 5.41) is 3.32. The quantitative estimate of drug-likeness (QED) is 0.734. The molecule has 1 nitrogen and oxygen atoms in total. The van der Waals surface area contributed by atoms with Gasteiger partial charge in [-0.3, -0.25) is 0 Å². The minimum absolute atomic E-state index is 0.198. The summed E-state index contributed by atoms with van der Waals surface area (Å²) < 4.78 is 14.1. The molecule has 0 aromatic heterocycles. The zero-order valence-corrected chi connectivity index (χ0v) is 13.7. The van der Waals surface area contributed by atoms with E-state index in [0.29, 0.717) is 0 Å². The molecule has 20 heavy (non-hydrogen) atoms. The van der Waals surface area contributed by atoms with Crippen molar-refractivity contribution in [3.63, 3.8) is 0 Å². The molecular formula is C16H17BrFNS. The summed E-state index contributed by atoms with van der Waals surface area (Å²) >= 11 is 5.05. The van der Waals surface area contributed by atoms with Crippen molar-refractivity contribution in [1.82, 2.24) is 5.32 Å². The molecule has 0 aliphatic rings. The van der Waals surface area contributed by atoms with Gasteiger partial charge < -0.3 is 5.32 Å².